The number of carbonyl (C=O) groups is 1. The Bertz CT molecular complexity index is 860. The molecule has 0 aliphatic carbocycles. The molecule has 0 aliphatic heterocycles. The molecule has 0 saturated carbocycles. The summed E-state index contributed by atoms with van der Waals surface area (Å²) in [5.74, 6) is 0.803. The minimum Gasteiger partial charge on any atom is -0.351 e. The number of nitrogens with zero attached hydrogens (tertiary/aromatic N) is 1. The molecule has 0 bridgehead atoms. The molecule has 136 valence electrons. The van der Waals surface area contributed by atoms with Crippen LogP contribution in [0.3, 0.4) is 0 Å². The van der Waals surface area contributed by atoms with E-state index in [-0.39, 0.29) is 10.9 Å². The number of benzene rings is 2. The number of nitrogens with two attached hydrogens (primary N) is 1. The van der Waals surface area contributed by atoms with Gasteiger partial charge in [-0.2, -0.15) is 0 Å². The number of hydrogen-bond acceptors (Lipinski definition) is 2. The van der Waals surface area contributed by atoms with Gasteiger partial charge in [0.1, 0.15) is 0 Å². The first-order valence-corrected chi connectivity index (χ1v) is 10.5. The summed E-state index contributed by atoms with van der Waals surface area (Å²) < 4.78 is 1.67. The summed E-state index contributed by atoms with van der Waals surface area (Å²) in [6.45, 7) is 3.20. The Hall–Kier alpha value is -2.24. The summed E-state index contributed by atoms with van der Waals surface area (Å²) in [6, 6.07) is 19.9. The predicted octanol–water partition coefficient (Wildman–Crippen LogP) is 4.34. The summed E-state index contributed by atoms with van der Waals surface area (Å²) in [7, 11) is -0.270. The SMILES string of the molecule is CCCCCNC[S+](c1ccccc1)c1cc2ccccc2n1C(N)=O. The molecule has 3 N–H and O–H groups in total. The molecule has 0 spiro atoms. The van der Waals surface area contributed by atoms with Crippen LogP contribution in [0.25, 0.3) is 10.9 Å². The number of rotatable bonds is 8. The third-order valence-corrected chi connectivity index (χ3v) is 6.52. The van der Waals surface area contributed by atoms with Crippen molar-refractivity contribution in [3.63, 3.8) is 0 Å². The number of primary amides is 1. The highest BCUT2D eigenvalue weighted by atomic mass is 32.2. The lowest BCUT2D eigenvalue weighted by Crippen LogP contribution is -2.29. The molecule has 1 heterocycles. The van der Waals surface area contributed by atoms with Crippen molar-refractivity contribution in [1.29, 1.82) is 0 Å². The minimum absolute atomic E-state index is 0.270. The van der Waals surface area contributed by atoms with Gasteiger partial charge >= 0.3 is 6.03 Å². The van der Waals surface area contributed by atoms with Crippen molar-refractivity contribution in [2.24, 2.45) is 5.73 Å². The van der Waals surface area contributed by atoms with Gasteiger partial charge in [0, 0.05) is 11.5 Å². The molecule has 0 radical (unpaired) electrons. The summed E-state index contributed by atoms with van der Waals surface area (Å²) >= 11 is 0. The van der Waals surface area contributed by atoms with E-state index < -0.39 is 6.03 Å². The second-order valence-electron chi connectivity index (χ2n) is 6.27. The quantitative estimate of drug-likeness (QED) is 0.459. The van der Waals surface area contributed by atoms with Gasteiger partial charge < -0.3 is 5.73 Å². The van der Waals surface area contributed by atoms with E-state index in [0.717, 1.165) is 28.4 Å². The monoisotopic (exact) mass is 368 g/mol. The Morgan fingerprint density at radius 2 is 1.81 bits per heavy atom. The average Bonchev–Trinajstić information content (AvgIpc) is 3.04. The predicted molar refractivity (Wildman–Crippen MR) is 110 cm³/mol. The van der Waals surface area contributed by atoms with Gasteiger partial charge in [0.15, 0.2) is 10.8 Å². The van der Waals surface area contributed by atoms with Crippen LogP contribution in [-0.4, -0.2) is 23.0 Å². The number of unbranched alkanes of at least 4 members (excludes halogenated alkanes) is 2. The first-order chi connectivity index (χ1) is 12.7. The average molecular weight is 369 g/mol. The van der Waals surface area contributed by atoms with E-state index in [9.17, 15) is 4.79 Å². The summed E-state index contributed by atoms with van der Waals surface area (Å²) in [5, 5.41) is 5.58. The van der Waals surface area contributed by atoms with Gasteiger partial charge in [-0.15, -0.1) is 0 Å². The standard InChI is InChI=1S/C21H25N3OS/c1-2-3-9-14-23-16-26(18-11-5-4-6-12-18)20-15-17-10-7-8-13-19(17)24(20)21(22)25/h4-8,10-13,15,23H,2-3,9,14,16H2,1H3,(H-,22,25)/p+1. The normalized spacial score (nSPS) is 12.3. The molecule has 3 aromatic rings. The number of carbonyl (C=O) groups excluding carboxylic acids is 1. The van der Waals surface area contributed by atoms with Crippen LogP contribution in [-0.2, 0) is 10.9 Å². The molecule has 1 aromatic heterocycles. The van der Waals surface area contributed by atoms with Crippen LogP contribution in [0.1, 0.15) is 26.2 Å². The molecule has 0 saturated heterocycles. The van der Waals surface area contributed by atoms with Crippen molar-refractivity contribution in [3.8, 4) is 0 Å². The van der Waals surface area contributed by atoms with Crippen molar-refractivity contribution < 1.29 is 4.79 Å². The van der Waals surface area contributed by atoms with E-state index in [1.807, 2.05) is 42.5 Å². The minimum atomic E-state index is -0.430. The number of fused-ring (bicyclic) bond motifs is 1. The van der Waals surface area contributed by atoms with Gasteiger partial charge in [-0.1, -0.05) is 56.2 Å². The Balaban J connectivity index is 1.97. The van der Waals surface area contributed by atoms with Crippen LogP contribution in [0.2, 0.25) is 0 Å². The highest BCUT2D eigenvalue weighted by Crippen LogP contribution is 2.29. The molecular formula is C21H26N3OS+. The number of nitrogens with one attached hydrogen (secondary N) is 1. The maximum absolute atomic E-state index is 12.2. The molecule has 1 atom stereocenters. The van der Waals surface area contributed by atoms with Crippen LogP contribution in [0, 0.1) is 0 Å². The summed E-state index contributed by atoms with van der Waals surface area (Å²) in [5.41, 5.74) is 6.61. The van der Waals surface area contributed by atoms with Gasteiger partial charge in [0.2, 0.25) is 5.03 Å². The van der Waals surface area contributed by atoms with Crippen LogP contribution in [0.5, 0.6) is 0 Å². The highest BCUT2D eigenvalue weighted by molar-refractivity contribution is 7.96. The first kappa shape index (κ1) is 18.5. The van der Waals surface area contributed by atoms with Gasteiger partial charge in [-0.3, -0.25) is 5.32 Å². The molecule has 2 aromatic carbocycles. The fraction of sp³-hybridized carbons (Fsp3) is 0.286. The van der Waals surface area contributed by atoms with E-state index >= 15 is 0 Å². The van der Waals surface area contributed by atoms with E-state index in [4.69, 9.17) is 5.73 Å². The second kappa shape index (κ2) is 8.92. The molecular weight excluding hydrogens is 342 g/mol. The lowest BCUT2D eigenvalue weighted by Gasteiger charge is -2.11. The second-order valence-corrected chi connectivity index (χ2v) is 8.23. The third-order valence-electron chi connectivity index (χ3n) is 4.38. The largest absolute Gasteiger partial charge is 0.351 e. The topological polar surface area (TPSA) is 60.1 Å². The van der Waals surface area contributed by atoms with Crippen molar-refractivity contribution in [2.75, 3.05) is 12.4 Å². The lowest BCUT2D eigenvalue weighted by atomic mass is 10.2. The zero-order chi connectivity index (χ0) is 18.4. The van der Waals surface area contributed by atoms with E-state index in [1.54, 1.807) is 4.57 Å². The van der Waals surface area contributed by atoms with Crippen molar-refractivity contribution in [2.45, 2.75) is 36.1 Å². The van der Waals surface area contributed by atoms with Crippen LogP contribution in [0.4, 0.5) is 4.79 Å². The maximum Gasteiger partial charge on any atom is 0.327 e. The zero-order valence-corrected chi connectivity index (χ0v) is 16.0. The Morgan fingerprint density at radius 3 is 2.54 bits per heavy atom. The number of amides is 1. The lowest BCUT2D eigenvalue weighted by molar-refractivity contribution is 0.249. The van der Waals surface area contributed by atoms with Gasteiger partial charge in [-0.05, 0) is 31.2 Å². The van der Waals surface area contributed by atoms with Crippen molar-refractivity contribution in [3.05, 3.63) is 60.7 Å². The summed E-state index contributed by atoms with van der Waals surface area (Å²) in [6.07, 6.45) is 3.61. The Morgan fingerprint density at radius 1 is 1.08 bits per heavy atom. The summed E-state index contributed by atoms with van der Waals surface area (Å²) in [4.78, 5) is 13.4. The molecule has 1 amide bonds. The highest BCUT2D eigenvalue weighted by Gasteiger charge is 2.31. The molecule has 5 heteroatoms. The van der Waals surface area contributed by atoms with E-state index in [2.05, 4.69) is 30.4 Å². The maximum atomic E-state index is 12.2. The fourth-order valence-corrected chi connectivity index (χ4v) is 5.14. The van der Waals surface area contributed by atoms with Gasteiger partial charge in [-0.25, -0.2) is 9.36 Å². The smallest absolute Gasteiger partial charge is 0.327 e. The van der Waals surface area contributed by atoms with E-state index in [1.165, 1.54) is 24.2 Å². The first-order valence-electron chi connectivity index (χ1n) is 9.09. The van der Waals surface area contributed by atoms with E-state index in [0.29, 0.717) is 0 Å². The molecule has 0 aliphatic rings. The Labute approximate surface area is 157 Å². The van der Waals surface area contributed by atoms with Gasteiger partial charge in [0.25, 0.3) is 0 Å². The molecule has 3 rings (SSSR count). The van der Waals surface area contributed by atoms with Crippen molar-refractivity contribution >= 4 is 27.8 Å². The number of para-hydroxylation sites is 1. The zero-order valence-electron chi connectivity index (χ0n) is 15.2. The Kier molecular flexibility index (Phi) is 6.36. The third kappa shape index (κ3) is 4.11. The van der Waals surface area contributed by atoms with Crippen LogP contribution >= 0.6 is 0 Å². The number of aromatic nitrogens is 1. The molecule has 1 unspecified atom stereocenters. The fourth-order valence-electron chi connectivity index (χ4n) is 3.08. The van der Waals surface area contributed by atoms with Crippen LogP contribution < -0.4 is 11.1 Å². The molecule has 4 nitrogen and oxygen atoms in total. The number of hydrogen-bond donors (Lipinski definition) is 2. The molecule has 26 heavy (non-hydrogen) atoms. The van der Waals surface area contributed by atoms with Gasteiger partial charge in [0.05, 0.1) is 16.4 Å². The van der Waals surface area contributed by atoms with Crippen molar-refractivity contribution in [1.82, 2.24) is 9.88 Å². The van der Waals surface area contributed by atoms with Crippen LogP contribution in [0.15, 0.2) is 70.6 Å². The molecule has 0 fully saturated rings.